The van der Waals surface area contributed by atoms with Gasteiger partial charge in [0.15, 0.2) is 5.96 Å². The Labute approximate surface area is 151 Å². The van der Waals surface area contributed by atoms with Gasteiger partial charge in [-0.2, -0.15) is 0 Å². The molecule has 0 radical (unpaired) electrons. The third-order valence-corrected chi connectivity index (χ3v) is 5.09. The van der Waals surface area contributed by atoms with E-state index in [0.717, 1.165) is 51.7 Å². The standard InChI is InChI=1S/C20H31N3O2/c1-21-20(22-11-5-12-25-18-10-13-24-15-18)23-14-17-8-4-7-16-6-2-3-9-19(16)17/h2-3,6,9,17-18H,4-5,7-8,10-15H2,1H3,(H2,21,22,23). The highest BCUT2D eigenvalue weighted by molar-refractivity contribution is 5.79. The van der Waals surface area contributed by atoms with Crippen LogP contribution in [0.5, 0.6) is 0 Å². The highest BCUT2D eigenvalue weighted by Crippen LogP contribution is 2.30. The summed E-state index contributed by atoms with van der Waals surface area (Å²) in [4.78, 5) is 4.34. The van der Waals surface area contributed by atoms with Crippen molar-refractivity contribution in [1.82, 2.24) is 10.6 Å². The number of rotatable bonds is 7. The van der Waals surface area contributed by atoms with Gasteiger partial charge in [-0.25, -0.2) is 0 Å². The summed E-state index contributed by atoms with van der Waals surface area (Å²) in [7, 11) is 1.83. The zero-order valence-electron chi connectivity index (χ0n) is 15.3. The molecule has 1 aromatic carbocycles. The number of hydrogen-bond donors (Lipinski definition) is 2. The van der Waals surface area contributed by atoms with Crippen molar-refractivity contribution in [3.05, 3.63) is 35.4 Å². The number of nitrogens with zero attached hydrogens (tertiary/aromatic N) is 1. The van der Waals surface area contributed by atoms with Crippen LogP contribution in [0.2, 0.25) is 0 Å². The van der Waals surface area contributed by atoms with Crippen LogP contribution in [0.3, 0.4) is 0 Å². The van der Waals surface area contributed by atoms with Gasteiger partial charge in [0.25, 0.3) is 0 Å². The summed E-state index contributed by atoms with van der Waals surface area (Å²) in [6.07, 6.45) is 6.04. The molecule has 5 heteroatoms. The van der Waals surface area contributed by atoms with Crippen molar-refractivity contribution in [1.29, 1.82) is 0 Å². The molecule has 1 heterocycles. The number of aliphatic imine (C=N–C) groups is 1. The van der Waals surface area contributed by atoms with Gasteiger partial charge < -0.3 is 20.1 Å². The minimum Gasteiger partial charge on any atom is -0.379 e. The first-order valence-electron chi connectivity index (χ1n) is 9.58. The van der Waals surface area contributed by atoms with Gasteiger partial charge in [-0.1, -0.05) is 24.3 Å². The minimum absolute atomic E-state index is 0.295. The minimum atomic E-state index is 0.295. The SMILES string of the molecule is CN=C(NCCCOC1CCOC1)NCC1CCCc2ccccc21. The first kappa shape index (κ1) is 18.2. The van der Waals surface area contributed by atoms with Crippen molar-refractivity contribution in [2.24, 2.45) is 4.99 Å². The maximum Gasteiger partial charge on any atom is 0.190 e. The van der Waals surface area contributed by atoms with Crippen molar-refractivity contribution < 1.29 is 9.47 Å². The fourth-order valence-electron chi connectivity index (χ4n) is 3.68. The number of guanidine groups is 1. The van der Waals surface area contributed by atoms with Crippen LogP contribution in [-0.4, -0.2) is 52.0 Å². The maximum absolute atomic E-state index is 5.79. The quantitative estimate of drug-likeness (QED) is 0.453. The molecule has 1 saturated heterocycles. The number of benzene rings is 1. The summed E-state index contributed by atoms with van der Waals surface area (Å²) < 4.78 is 11.1. The first-order valence-corrected chi connectivity index (χ1v) is 9.58. The Balaban J connectivity index is 1.35. The summed E-state index contributed by atoms with van der Waals surface area (Å²) in [5.74, 6) is 1.46. The largest absolute Gasteiger partial charge is 0.379 e. The molecule has 1 aromatic rings. The first-order chi connectivity index (χ1) is 12.4. The Morgan fingerprint density at radius 1 is 1.28 bits per heavy atom. The Hall–Kier alpha value is -1.59. The highest BCUT2D eigenvalue weighted by atomic mass is 16.5. The van der Waals surface area contributed by atoms with Crippen LogP contribution in [0.15, 0.2) is 29.3 Å². The number of ether oxygens (including phenoxy) is 2. The molecule has 0 aromatic heterocycles. The molecule has 5 nitrogen and oxygen atoms in total. The molecule has 2 N–H and O–H groups in total. The van der Waals surface area contributed by atoms with Crippen molar-refractivity contribution in [2.45, 2.75) is 44.1 Å². The van der Waals surface area contributed by atoms with Crippen LogP contribution < -0.4 is 10.6 Å². The molecule has 2 aliphatic rings. The smallest absolute Gasteiger partial charge is 0.190 e. The summed E-state index contributed by atoms with van der Waals surface area (Å²) in [6, 6.07) is 8.85. The van der Waals surface area contributed by atoms with E-state index in [-0.39, 0.29) is 0 Å². The summed E-state index contributed by atoms with van der Waals surface area (Å²) in [5.41, 5.74) is 3.01. The predicted octanol–water partition coefficient (Wildman–Crippen LogP) is 2.47. The van der Waals surface area contributed by atoms with Crippen molar-refractivity contribution >= 4 is 5.96 Å². The molecule has 2 unspecified atom stereocenters. The molecule has 0 spiro atoms. The third kappa shape index (κ3) is 5.44. The summed E-state index contributed by atoms with van der Waals surface area (Å²) in [6.45, 7) is 4.17. The van der Waals surface area contributed by atoms with E-state index in [1.54, 1.807) is 0 Å². The Morgan fingerprint density at radius 2 is 2.20 bits per heavy atom. The lowest BCUT2D eigenvalue weighted by molar-refractivity contribution is 0.0420. The fraction of sp³-hybridized carbons (Fsp3) is 0.650. The van der Waals surface area contributed by atoms with E-state index in [2.05, 4.69) is 39.9 Å². The van der Waals surface area contributed by atoms with Crippen LogP contribution in [0.1, 0.15) is 42.7 Å². The molecule has 0 bridgehead atoms. The molecular weight excluding hydrogens is 314 g/mol. The van der Waals surface area contributed by atoms with Gasteiger partial charge in [-0.15, -0.1) is 0 Å². The molecule has 2 atom stereocenters. The van der Waals surface area contributed by atoms with Gasteiger partial charge in [-0.3, -0.25) is 4.99 Å². The van der Waals surface area contributed by atoms with Crippen LogP contribution in [0.25, 0.3) is 0 Å². The second kappa shape index (κ2) is 9.78. The zero-order valence-corrected chi connectivity index (χ0v) is 15.3. The van der Waals surface area contributed by atoms with E-state index >= 15 is 0 Å². The molecule has 1 aliphatic heterocycles. The van der Waals surface area contributed by atoms with E-state index in [0.29, 0.717) is 12.0 Å². The fourth-order valence-corrected chi connectivity index (χ4v) is 3.68. The number of fused-ring (bicyclic) bond motifs is 1. The van der Waals surface area contributed by atoms with Crippen molar-refractivity contribution in [3.63, 3.8) is 0 Å². The average Bonchev–Trinajstić information content (AvgIpc) is 3.17. The summed E-state index contributed by atoms with van der Waals surface area (Å²) in [5, 5.41) is 6.88. The number of hydrogen-bond acceptors (Lipinski definition) is 3. The molecule has 25 heavy (non-hydrogen) atoms. The lowest BCUT2D eigenvalue weighted by Crippen LogP contribution is -2.40. The van der Waals surface area contributed by atoms with Crippen LogP contribution in [-0.2, 0) is 15.9 Å². The molecule has 3 rings (SSSR count). The molecular formula is C20H31N3O2. The topological polar surface area (TPSA) is 54.9 Å². The highest BCUT2D eigenvalue weighted by Gasteiger charge is 2.19. The summed E-state index contributed by atoms with van der Waals surface area (Å²) >= 11 is 0. The molecule has 138 valence electrons. The van der Waals surface area contributed by atoms with Crippen molar-refractivity contribution in [2.75, 3.05) is 40.0 Å². The van der Waals surface area contributed by atoms with Gasteiger partial charge >= 0.3 is 0 Å². The Bertz CT molecular complexity index is 556. The zero-order chi connectivity index (χ0) is 17.3. The van der Waals surface area contributed by atoms with Crippen LogP contribution in [0, 0.1) is 0 Å². The van der Waals surface area contributed by atoms with Gasteiger partial charge in [0.2, 0.25) is 0 Å². The van der Waals surface area contributed by atoms with Gasteiger partial charge in [0, 0.05) is 39.3 Å². The average molecular weight is 345 g/mol. The molecule has 1 fully saturated rings. The van der Waals surface area contributed by atoms with Crippen molar-refractivity contribution in [3.8, 4) is 0 Å². The third-order valence-electron chi connectivity index (χ3n) is 5.09. The van der Waals surface area contributed by atoms with E-state index < -0.39 is 0 Å². The van der Waals surface area contributed by atoms with Gasteiger partial charge in [0.1, 0.15) is 0 Å². The normalized spacial score (nSPS) is 23.3. The molecule has 1 aliphatic carbocycles. The molecule has 0 amide bonds. The Kier molecular flexibility index (Phi) is 7.12. The van der Waals surface area contributed by atoms with E-state index in [1.165, 1.54) is 30.4 Å². The Morgan fingerprint density at radius 3 is 3.04 bits per heavy atom. The monoisotopic (exact) mass is 345 g/mol. The second-order valence-electron chi connectivity index (χ2n) is 6.88. The van der Waals surface area contributed by atoms with Gasteiger partial charge in [-0.05, 0) is 43.2 Å². The van der Waals surface area contributed by atoms with Crippen LogP contribution in [0.4, 0.5) is 0 Å². The second-order valence-corrected chi connectivity index (χ2v) is 6.88. The lowest BCUT2D eigenvalue weighted by atomic mass is 9.83. The van der Waals surface area contributed by atoms with Crippen LogP contribution >= 0.6 is 0 Å². The lowest BCUT2D eigenvalue weighted by Gasteiger charge is -2.26. The predicted molar refractivity (Wildman–Crippen MR) is 101 cm³/mol. The van der Waals surface area contributed by atoms with E-state index in [9.17, 15) is 0 Å². The molecule has 0 saturated carbocycles. The van der Waals surface area contributed by atoms with E-state index in [1.807, 2.05) is 7.05 Å². The number of nitrogens with one attached hydrogen (secondary N) is 2. The maximum atomic E-state index is 5.79. The number of aryl methyl sites for hydroxylation is 1. The van der Waals surface area contributed by atoms with Gasteiger partial charge in [0.05, 0.1) is 12.7 Å². The van der Waals surface area contributed by atoms with E-state index in [4.69, 9.17) is 9.47 Å².